The maximum Gasteiger partial charge on any atom is 0.130 e. The van der Waals surface area contributed by atoms with Crippen LogP contribution in [0.3, 0.4) is 0 Å². The number of ether oxygens (including phenoxy) is 3. The number of rotatable bonds is 13. The summed E-state index contributed by atoms with van der Waals surface area (Å²) >= 11 is 0. The Bertz CT molecular complexity index is 1020. The fourth-order valence-electron chi connectivity index (χ4n) is 4.74. The quantitative estimate of drug-likeness (QED) is 0.239. The molecule has 0 bridgehead atoms. The summed E-state index contributed by atoms with van der Waals surface area (Å²) in [6.45, 7) is 11.3. The predicted molar refractivity (Wildman–Crippen MR) is 147 cm³/mol. The fraction of sp³-hybridized carbons (Fsp3) is 0.552. The molecule has 0 aromatic heterocycles. The summed E-state index contributed by atoms with van der Waals surface area (Å²) in [5, 5.41) is 11.8. The van der Waals surface area contributed by atoms with Crippen molar-refractivity contribution in [3.63, 3.8) is 0 Å². The van der Waals surface area contributed by atoms with Gasteiger partial charge in [0.25, 0.3) is 0 Å². The van der Waals surface area contributed by atoms with E-state index in [1.807, 2.05) is 18.2 Å². The number of hydrogen-bond acceptors (Lipinski definition) is 6. The van der Waals surface area contributed by atoms with Crippen molar-refractivity contribution in [2.45, 2.75) is 39.7 Å². The Morgan fingerprint density at radius 2 is 1.78 bits per heavy atom. The van der Waals surface area contributed by atoms with E-state index in [2.05, 4.69) is 62.1 Å². The van der Waals surface area contributed by atoms with Crippen LogP contribution in [0.25, 0.3) is 0 Å². The Balaban J connectivity index is 1.49. The molecular formula is C29H44N4O3. The van der Waals surface area contributed by atoms with Crippen LogP contribution >= 0.6 is 0 Å². The summed E-state index contributed by atoms with van der Waals surface area (Å²) in [4.78, 5) is 4.72. The molecule has 0 amide bonds. The van der Waals surface area contributed by atoms with Crippen molar-refractivity contribution in [2.75, 3.05) is 61.1 Å². The first kappa shape index (κ1) is 27.8. The van der Waals surface area contributed by atoms with Crippen LogP contribution in [-0.2, 0) is 0 Å². The molecule has 0 saturated carbocycles. The van der Waals surface area contributed by atoms with Crippen LogP contribution in [-0.4, -0.2) is 76.7 Å². The van der Waals surface area contributed by atoms with Crippen LogP contribution in [0, 0.1) is 25.2 Å². The molecule has 0 radical (unpaired) electrons. The molecule has 198 valence electrons. The van der Waals surface area contributed by atoms with Crippen molar-refractivity contribution in [2.24, 2.45) is 5.92 Å². The highest BCUT2D eigenvalue weighted by atomic mass is 16.5. The average Bonchev–Trinajstić information content (AvgIpc) is 2.84. The Labute approximate surface area is 217 Å². The van der Waals surface area contributed by atoms with E-state index in [0.29, 0.717) is 34.9 Å². The van der Waals surface area contributed by atoms with Gasteiger partial charge in [-0.3, -0.25) is 10.3 Å². The van der Waals surface area contributed by atoms with Crippen molar-refractivity contribution >= 4 is 5.84 Å². The van der Waals surface area contributed by atoms with E-state index >= 15 is 0 Å². The molecule has 1 aliphatic rings. The van der Waals surface area contributed by atoms with E-state index in [-0.39, 0.29) is 0 Å². The zero-order valence-electron chi connectivity index (χ0n) is 23.1. The fourth-order valence-corrected chi connectivity index (χ4v) is 4.74. The van der Waals surface area contributed by atoms with Crippen molar-refractivity contribution in [1.82, 2.24) is 15.1 Å². The minimum Gasteiger partial charge on any atom is -0.497 e. The molecule has 0 aliphatic carbocycles. The second-order valence-corrected chi connectivity index (χ2v) is 10.1. The molecule has 1 fully saturated rings. The van der Waals surface area contributed by atoms with Crippen LogP contribution in [0.15, 0.2) is 30.3 Å². The third kappa shape index (κ3) is 6.92. The molecule has 0 spiro atoms. The summed E-state index contributed by atoms with van der Waals surface area (Å²) < 4.78 is 16.8. The monoisotopic (exact) mass is 496 g/mol. The number of methoxy groups -OCH3 is 2. The number of nitrogens with one attached hydrogen (secondary N) is 2. The lowest BCUT2D eigenvalue weighted by molar-refractivity contribution is 0.0619. The molecule has 7 nitrogen and oxygen atoms in total. The Hall–Kier alpha value is -2.77. The standard InChI is InChI=1S/C29H44N4O3/c1-20-21(2)27(36-15-9-8-14-32(4)5)13-11-25(20)22(3)33-18-23(19-33)17-31-29(30)26-16-24(34-6)10-12-28(26)35-7/h10-13,16,22-23H,8-9,14-15,17-19H2,1-7H3,(H2,30,31). The molecule has 1 unspecified atom stereocenters. The minimum absolute atomic E-state index is 0.354. The van der Waals surface area contributed by atoms with E-state index in [0.717, 1.165) is 51.4 Å². The third-order valence-corrected chi connectivity index (χ3v) is 7.26. The smallest absolute Gasteiger partial charge is 0.130 e. The van der Waals surface area contributed by atoms with Gasteiger partial charge < -0.3 is 24.4 Å². The number of likely N-dealkylation sites (tertiary alicyclic amines) is 1. The van der Waals surface area contributed by atoms with E-state index in [9.17, 15) is 0 Å². The predicted octanol–water partition coefficient (Wildman–Crippen LogP) is 4.65. The first-order chi connectivity index (χ1) is 17.2. The lowest BCUT2D eigenvalue weighted by Gasteiger charge is -2.44. The van der Waals surface area contributed by atoms with Gasteiger partial charge in [0.2, 0.25) is 0 Å². The number of hydrogen-bond donors (Lipinski definition) is 2. The van der Waals surface area contributed by atoms with Gasteiger partial charge in [-0.2, -0.15) is 0 Å². The highest BCUT2D eigenvalue weighted by molar-refractivity contribution is 5.99. The maximum absolute atomic E-state index is 8.50. The molecule has 1 aliphatic heterocycles. The van der Waals surface area contributed by atoms with Gasteiger partial charge >= 0.3 is 0 Å². The van der Waals surface area contributed by atoms with Crippen molar-refractivity contribution in [3.8, 4) is 17.2 Å². The van der Waals surface area contributed by atoms with E-state index in [4.69, 9.17) is 19.6 Å². The van der Waals surface area contributed by atoms with Gasteiger partial charge in [-0.25, -0.2) is 0 Å². The number of benzene rings is 2. The maximum atomic E-state index is 8.50. The molecule has 1 atom stereocenters. The van der Waals surface area contributed by atoms with Gasteiger partial charge in [0.05, 0.1) is 26.4 Å². The van der Waals surface area contributed by atoms with Gasteiger partial charge in [0.1, 0.15) is 23.1 Å². The highest BCUT2D eigenvalue weighted by Crippen LogP contribution is 2.34. The molecule has 36 heavy (non-hydrogen) atoms. The van der Waals surface area contributed by atoms with Gasteiger partial charge in [0, 0.05) is 31.6 Å². The van der Waals surface area contributed by atoms with E-state index in [1.165, 1.54) is 16.7 Å². The second kappa shape index (κ2) is 13.0. The van der Waals surface area contributed by atoms with Crippen molar-refractivity contribution < 1.29 is 14.2 Å². The van der Waals surface area contributed by atoms with Crippen molar-refractivity contribution in [3.05, 3.63) is 52.6 Å². The SMILES string of the molecule is COc1ccc(OC)c(C(=N)NCC2CN(C(C)c3ccc(OCCCCN(C)C)c(C)c3C)C2)c1. The van der Waals surface area contributed by atoms with Gasteiger partial charge in [0.15, 0.2) is 0 Å². The topological polar surface area (TPSA) is 70.0 Å². The van der Waals surface area contributed by atoms with Gasteiger partial charge in [-0.15, -0.1) is 0 Å². The van der Waals surface area contributed by atoms with E-state index in [1.54, 1.807) is 14.2 Å². The molecule has 1 saturated heterocycles. The Kier molecular flexibility index (Phi) is 10.0. The largest absolute Gasteiger partial charge is 0.497 e. The van der Waals surface area contributed by atoms with Crippen LogP contribution in [0.4, 0.5) is 0 Å². The van der Waals surface area contributed by atoms with Crippen molar-refractivity contribution in [1.29, 1.82) is 5.41 Å². The first-order valence-electron chi connectivity index (χ1n) is 12.9. The first-order valence-corrected chi connectivity index (χ1v) is 12.9. The molecular weight excluding hydrogens is 452 g/mol. The number of amidine groups is 1. The zero-order chi connectivity index (χ0) is 26.2. The molecule has 2 aromatic rings. The summed E-state index contributed by atoms with van der Waals surface area (Å²) in [6.07, 6.45) is 2.22. The normalized spacial score (nSPS) is 14.9. The number of nitrogens with zero attached hydrogens (tertiary/aromatic N) is 2. The Morgan fingerprint density at radius 1 is 1.06 bits per heavy atom. The summed E-state index contributed by atoms with van der Waals surface area (Å²) in [6, 6.07) is 10.2. The number of unbranched alkanes of at least 4 members (excludes halogenated alkanes) is 1. The lowest BCUT2D eigenvalue weighted by Crippen LogP contribution is -2.52. The molecule has 2 aromatic carbocycles. The van der Waals surface area contributed by atoms with Crippen LogP contribution in [0.1, 0.15) is 48.1 Å². The Morgan fingerprint density at radius 3 is 2.44 bits per heavy atom. The minimum atomic E-state index is 0.354. The lowest BCUT2D eigenvalue weighted by atomic mass is 9.91. The van der Waals surface area contributed by atoms with Crippen LogP contribution in [0.2, 0.25) is 0 Å². The van der Waals surface area contributed by atoms with Gasteiger partial charge in [-0.05, 0) is 95.2 Å². The molecule has 3 rings (SSSR count). The third-order valence-electron chi connectivity index (χ3n) is 7.26. The van der Waals surface area contributed by atoms with Crippen LogP contribution in [0.5, 0.6) is 17.2 Å². The molecule has 2 N–H and O–H groups in total. The molecule has 7 heteroatoms. The summed E-state index contributed by atoms with van der Waals surface area (Å²) in [5.41, 5.74) is 4.65. The van der Waals surface area contributed by atoms with E-state index < -0.39 is 0 Å². The highest BCUT2D eigenvalue weighted by Gasteiger charge is 2.32. The van der Waals surface area contributed by atoms with Gasteiger partial charge in [-0.1, -0.05) is 6.07 Å². The second-order valence-electron chi connectivity index (χ2n) is 10.1. The zero-order valence-corrected chi connectivity index (χ0v) is 23.1. The summed E-state index contributed by atoms with van der Waals surface area (Å²) in [7, 11) is 7.47. The average molecular weight is 497 g/mol. The molecule has 1 heterocycles. The summed E-state index contributed by atoms with van der Waals surface area (Å²) in [5.74, 6) is 3.26. The van der Waals surface area contributed by atoms with Crippen LogP contribution < -0.4 is 19.5 Å².